The molecule has 2 aromatic carbocycles. The van der Waals surface area contributed by atoms with Crippen LogP contribution in [0.5, 0.6) is 5.75 Å². The summed E-state index contributed by atoms with van der Waals surface area (Å²) in [6.07, 6.45) is 3.01. The highest BCUT2D eigenvalue weighted by atomic mass is 16.5. The number of nitrogens with one attached hydrogen (secondary N) is 1. The van der Waals surface area contributed by atoms with E-state index in [1.807, 2.05) is 35.9 Å². The second kappa shape index (κ2) is 9.83. The van der Waals surface area contributed by atoms with Gasteiger partial charge in [0.1, 0.15) is 11.8 Å². The van der Waals surface area contributed by atoms with Crippen molar-refractivity contribution in [3.05, 3.63) is 81.4 Å². The number of pyridine rings is 1. The minimum Gasteiger partial charge on any atom is -0.494 e. The molecule has 1 fully saturated rings. The van der Waals surface area contributed by atoms with Crippen LogP contribution < -0.4 is 10.3 Å². The number of ether oxygens (including phenoxy) is 2. The van der Waals surface area contributed by atoms with Crippen molar-refractivity contribution in [1.29, 1.82) is 0 Å². The molecule has 2 aromatic heterocycles. The molecule has 186 valence electrons. The van der Waals surface area contributed by atoms with E-state index >= 15 is 0 Å². The molecule has 1 saturated heterocycles. The Kier molecular flexibility index (Phi) is 6.25. The van der Waals surface area contributed by atoms with Gasteiger partial charge in [0.2, 0.25) is 0 Å². The van der Waals surface area contributed by atoms with Crippen LogP contribution in [0.15, 0.2) is 53.3 Å². The van der Waals surface area contributed by atoms with Crippen LogP contribution in [-0.2, 0) is 24.2 Å². The first-order chi connectivity index (χ1) is 17.7. The number of H-pyrrole nitrogens is 1. The number of rotatable bonds is 7. The normalized spacial score (nSPS) is 18.9. The smallest absolute Gasteiger partial charge is 0.253 e. The summed E-state index contributed by atoms with van der Waals surface area (Å²) in [5, 5.41) is 13.7. The SMILES string of the molecule is CCOc1ccc2[nH]c(=O)c([C@@H](c3nnnn3C[C@H]3CCCO3)N3CCc4ccccc4C3)cc2c1. The zero-order valence-corrected chi connectivity index (χ0v) is 20.4. The molecule has 0 unspecified atom stereocenters. The fourth-order valence-electron chi connectivity index (χ4n) is 5.42. The van der Waals surface area contributed by atoms with Gasteiger partial charge in [-0.1, -0.05) is 24.3 Å². The largest absolute Gasteiger partial charge is 0.494 e. The number of aromatic nitrogens is 5. The van der Waals surface area contributed by atoms with E-state index in [4.69, 9.17) is 9.47 Å². The summed E-state index contributed by atoms with van der Waals surface area (Å²) in [7, 11) is 0. The Bertz CT molecular complexity index is 1420. The first-order valence-electron chi connectivity index (χ1n) is 12.7. The maximum atomic E-state index is 13.5. The highest BCUT2D eigenvalue weighted by molar-refractivity contribution is 5.80. The Morgan fingerprint density at radius 1 is 1.19 bits per heavy atom. The summed E-state index contributed by atoms with van der Waals surface area (Å²) in [6, 6.07) is 15.8. The first kappa shape index (κ1) is 22.9. The monoisotopic (exact) mass is 486 g/mol. The highest BCUT2D eigenvalue weighted by Gasteiger charge is 2.33. The van der Waals surface area contributed by atoms with E-state index in [-0.39, 0.29) is 11.7 Å². The summed E-state index contributed by atoms with van der Waals surface area (Å²) >= 11 is 0. The molecule has 0 bridgehead atoms. The Morgan fingerprint density at radius 2 is 2.08 bits per heavy atom. The molecule has 36 heavy (non-hydrogen) atoms. The lowest BCUT2D eigenvalue weighted by Gasteiger charge is -2.35. The summed E-state index contributed by atoms with van der Waals surface area (Å²) in [5.74, 6) is 1.44. The van der Waals surface area contributed by atoms with E-state index in [0.717, 1.165) is 49.1 Å². The van der Waals surface area contributed by atoms with Crippen LogP contribution >= 0.6 is 0 Å². The summed E-state index contributed by atoms with van der Waals surface area (Å²) in [6.45, 7) is 5.38. The minimum absolute atomic E-state index is 0.0821. The summed E-state index contributed by atoms with van der Waals surface area (Å²) < 4.78 is 13.4. The molecule has 0 saturated carbocycles. The van der Waals surface area contributed by atoms with E-state index in [0.29, 0.717) is 31.1 Å². The fourth-order valence-corrected chi connectivity index (χ4v) is 5.42. The molecule has 1 N–H and O–H groups in total. The van der Waals surface area contributed by atoms with E-state index in [9.17, 15) is 4.79 Å². The van der Waals surface area contributed by atoms with Crippen molar-refractivity contribution in [3.8, 4) is 5.75 Å². The van der Waals surface area contributed by atoms with Crippen LogP contribution in [0.1, 0.15) is 48.3 Å². The second-order valence-corrected chi connectivity index (χ2v) is 9.48. The maximum Gasteiger partial charge on any atom is 0.253 e. The number of benzene rings is 2. The predicted molar refractivity (Wildman–Crippen MR) is 135 cm³/mol. The van der Waals surface area contributed by atoms with Gasteiger partial charge in [-0.05, 0) is 72.0 Å². The quantitative estimate of drug-likeness (QED) is 0.428. The Morgan fingerprint density at radius 3 is 2.92 bits per heavy atom. The van der Waals surface area contributed by atoms with Crippen LogP contribution in [0.2, 0.25) is 0 Å². The zero-order valence-electron chi connectivity index (χ0n) is 20.4. The van der Waals surface area contributed by atoms with Crippen LogP contribution in [0, 0.1) is 0 Å². The molecule has 2 aliphatic rings. The van der Waals surface area contributed by atoms with E-state index in [1.165, 1.54) is 11.1 Å². The zero-order chi connectivity index (χ0) is 24.5. The third kappa shape index (κ3) is 4.40. The van der Waals surface area contributed by atoms with Crippen LogP contribution in [0.25, 0.3) is 10.9 Å². The lowest BCUT2D eigenvalue weighted by molar-refractivity contribution is 0.0904. The fraction of sp³-hybridized carbons (Fsp3) is 0.407. The van der Waals surface area contributed by atoms with Crippen molar-refractivity contribution in [1.82, 2.24) is 30.1 Å². The van der Waals surface area contributed by atoms with Gasteiger partial charge in [-0.2, -0.15) is 0 Å². The lowest BCUT2D eigenvalue weighted by atomic mass is 9.96. The molecule has 2 atom stereocenters. The molecule has 4 heterocycles. The van der Waals surface area contributed by atoms with Crippen molar-refractivity contribution in [3.63, 3.8) is 0 Å². The third-order valence-corrected chi connectivity index (χ3v) is 7.18. The molecule has 2 aliphatic heterocycles. The molecular weight excluding hydrogens is 456 g/mol. The first-order valence-corrected chi connectivity index (χ1v) is 12.7. The molecule has 9 nitrogen and oxygen atoms in total. The third-order valence-electron chi connectivity index (χ3n) is 7.18. The van der Waals surface area contributed by atoms with Crippen molar-refractivity contribution in [2.45, 2.75) is 51.4 Å². The maximum absolute atomic E-state index is 13.5. The molecule has 0 amide bonds. The number of fused-ring (bicyclic) bond motifs is 2. The van der Waals surface area contributed by atoms with E-state index < -0.39 is 6.04 Å². The van der Waals surface area contributed by atoms with Gasteiger partial charge in [0.25, 0.3) is 5.56 Å². The average Bonchev–Trinajstić information content (AvgIpc) is 3.58. The molecule has 0 aliphatic carbocycles. The van der Waals surface area contributed by atoms with Crippen molar-refractivity contribution >= 4 is 10.9 Å². The number of tetrazole rings is 1. The van der Waals surface area contributed by atoms with Gasteiger partial charge in [-0.3, -0.25) is 9.69 Å². The van der Waals surface area contributed by atoms with Crippen LogP contribution in [-0.4, -0.2) is 56.0 Å². The van der Waals surface area contributed by atoms with Gasteiger partial charge in [-0.15, -0.1) is 5.10 Å². The lowest BCUT2D eigenvalue weighted by Crippen LogP contribution is -2.39. The minimum atomic E-state index is -0.404. The van der Waals surface area contributed by atoms with E-state index in [1.54, 1.807) is 0 Å². The number of aromatic amines is 1. The average molecular weight is 487 g/mol. The summed E-state index contributed by atoms with van der Waals surface area (Å²) in [5.41, 5.74) is 3.87. The van der Waals surface area contributed by atoms with Crippen LogP contribution in [0.3, 0.4) is 0 Å². The van der Waals surface area contributed by atoms with E-state index in [2.05, 4.69) is 49.7 Å². The van der Waals surface area contributed by atoms with Gasteiger partial charge in [0, 0.05) is 36.2 Å². The number of hydrogen-bond acceptors (Lipinski definition) is 7. The molecule has 4 aromatic rings. The van der Waals surface area contributed by atoms with Crippen LogP contribution in [0.4, 0.5) is 0 Å². The second-order valence-electron chi connectivity index (χ2n) is 9.48. The Labute approximate surface area is 209 Å². The predicted octanol–water partition coefficient (Wildman–Crippen LogP) is 3.24. The molecule has 6 rings (SSSR count). The van der Waals surface area contributed by atoms with Crippen molar-refractivity contribution < 1.29 is 9.47 Å². The molecule has 9 heteroatoms. The Balaban J connectivity index is 1.45. The van der Waals surface area contributed by atoms with Gasteiger partial charge in [0.05, 0.1) is 19.3 Å². The number of nitrogens with zero attached hydrogens (tertiary/aromatic N) is 5. The van der Waals surface area contributed by atoms with Gasteiger partial charge >= 0.3 is 0 Å². The summed E-state index contributed by atoms with van der Waals surface area (Å²) in [4.78, 5) is 18.9. The molecule has 0 radical (unpaired) electrons. The Hall–Kier alpha value is -3.56. The van der Waals surface area contributed by atoms with Gasteiger partial charge in [-0.25, -0.2) is 4.68 Å². The standard InChI is InChI=1S/C27H30N6O3/c1-2-35-21-9-10-24-20(14-21)15-23(27(34)28-24)25(32-12-11-18-6-3-4-7-19(18)16-32)26-29-30-31-33(26)17-22-8-5-13-36-22/h3-4,6-7,9-10,14-15,22,25H,2,5,8,11-13,16-17H2,1H3,(H,28,34)/t22-,25+/m1/s1. The topological polar surface area (TPSA) is 98.2 Å². The van der Waals surface area contributed by atoms with Crippen molar-refractivity contribution in [2.75, 3.05) is 19.8 Å². The van der Waals surface area contributed by atoms with Gasteiger partial charge < -0.3 is 14.5 Å². The number of hydrogen-bond donors (Lipinski definition) is 1. The highest BCUT2D eigenvalue weighted by Crippen LogP contribution is 2.32. The molecule has 0 spiro atoms. The van der Waals surface area contributed by atoms with Gasteiger partial charge in [0.15, 0.2) is 5.82 Å². The van der Waals surface area contributed by atoms with Crippen molar-refractivity contribution in [2.24, 2.45) is 0 Å². The molecular formula is C27H30N6O3.